The highest BCUT2D eigenvalue weighted by molar-refractivity contribution is 5.76. The standard InChI is InChI=1S/C80H153NO8/c1-3-5-7-9-11-13-15-17-19-21-23-25-27-29-31-33-35-36-37-38-40-42-44-46-48-50-52-54-56-58-60-62-64-66-68-70-76(84)81-73(72-88-80-79(87)78(86)77(85)75(71-82)89-80)74(83)69-67-65-63-61-59-57-55-53-51-49-47-45-43-41-39-34-32-30-28-26-24-22-20-18-16-14-12-10-8-6-4-2/h15,17,21,23,27,29,73-75,77-80,82-83,85-87H,3-14,16,18-20,22,24-26,28,30-72H2,1-2H3,(H,81,84)/b17-15-,23-21-,29-27-. The van der Waals surface area contributed by atoms with E-state index in [1.807, 2.05) is 0 Å². The number of unbranched alkanes of at least 4 members (excludes halogenated alkanes) is 55. The molecule has 0 radical (unpaired) electrons. The van der Waals surface area contributed by atoms with E-state index in [1.54, 1.807) is 0 Å². The largest absolute Gasteiger partial charge is 0.394 e. The van der Waals surface area contributed by atoms with Gasteiger partial charge in [-0.05, 0) is 51.4 Å². The number of aliphatic hydroxyl groups excluding tert-OH is 5. The first-order valence-electron chi connectivity index (χ1n) is 39.7. The molecule has 89 heavy (non-hydrogen) atoms. The van der Waals surface area contributed by atoms with Crippen molar-refractivity contribution in [2.75, 3.05) is 13.2 Å². The maximum Gasteiger partial charge on any atom is 0.220 e. The van der Waals surface area contributed by atoms with Gasteiger partial charge in [0.25, 0.3) is 0 Å². The van der Waals surface area contributed by atoms with Crippen LogP contribution in [0.4, 0.5) is 0 Å². The lowest BCUT2D eigenvalue weighted by Gasteiger charge is -2.40. The Kier molecular flexibility index (Phi) is 66.5. The van der Waals surface area contributed by atoms with Crippen LogP contribution in [0, 0.1) is 0 Å². The first kappa shape index (κ1) is 85.4. The van der Waals surface area contributed by atoms with E-state index in [0.29, 0.717) is 12.8 Å². The Balaban J connectivity index is 2.05. The molecule has 1 aliphatic heterocycles. The molecule has 0 aromatic heterocycles. The SMILES string of the molecule is CCCCCCC/C=C\C/C=C\C/C=C\CCCCCCCCCCCCCCCCCCCCCCC(=O)NC(COC1OC(CO)C(O)C(O)C1O)C(O)CCCCCCCCCCCCCCCCCCCCCCCCCCCCCCCCC. The van der Waals surface area contributed by atoms with Gasteiger partial charge in [-0.3, -0.25) is 4.79 Å². The summed E-state index contributed by atoms with van der Waals surface area (Å²) < 4.78 is 11.4. The van der Waals surface area contributed by atoms with Gasteiger partial charge in [0.05, 0.1) is 25.4 Å². The number of rotatable bonds is 71. The Hall–Kier alpha value is -1.59. The van der Waals surface area contributed by atoms with Crippen LogP contribution >= 0.6 is 0 Å². The van der Waals surface area contributed by atoms with Gasteiger partial charge in [-0.15, -0.1) is 0 Å². The molecule has 1 saturated heterocycles. The van der Waals surface area contributed by atoms with Crippen molar-refractivity contribution in [2.24, 2.45) is 0 Å². The third-order valence-electron chi connectivity index (χ3n) is 19.2. The fourth-order valence-electron chi connectivity index (χ4n) is 13.1. The Bertz CT molecular complexity index is 1500. The van der Waals surface area contributed by atoms with E-state index in [2.05, 4.69) is 55.6 Å². The number of aliphatic hydroxyl groups is 5. The van der Waals surface area contributed by atoms with Crippen LogP contribution < -0.4 is 5.32 Å². The molecule has 0 aromatic carbocycles. The highest BCUT2D eigenvalue weighted by Crippen LogP contribution is 2.24. The first-order valence-corrected chi connectivity index (χ1v) is 39.7. The normalized spacial score (nSPS) is 17.9. The van der Waals surface area contributed by atoms with Gasteiger partial charge in [-0.2, -0.15) is 0 Å². The minimum atomic E-state index is -1.55. The van der Waals surface area contributed by atoms with E-state index in [9.17, 15) is 30.3 Å². The third-order valence-corrected chi connectivity index (χ3v) is 19.2. The van der Waals surface area contributed by atoms with Gasteiger partial charge in [0.1, 0.15) is 24.4 Å². The molecule has 526 valence electrons. The van der Waals surface area contributed by atoms with Crippen molar-refractivity contribution >= 4 is 5.91 Å². The average Bonchev–Trinajstić information content (AvgIpc) is 2.28. The summed E-state index contributed by atoms with van der Waals surface area (Å²) in [4.78, 5) is 13.2. The lowest BCUT2D eigenvalue weighted by atomic mass is 9.99. The summed E-state index contributed by atoms with van der Waals surface area (Å²) in [5, 5.41) is 55.1. The van der Waals surface area contributed by atoms with Crippen molar-refractivity contribution in [3.63, 3.8) is 0 Å². The number of hydrogen-bond donors (Lipinski definition) is 6. The number of hydrogen-bond acceptors (Lipinski definition) is 8. The molecule has 0 aliphatic carbocycles. The highest BCUT2D eigenvalue weighted by atomic mass is 16.7. The maximum absolute atomic E-state index is 13.2. The maximum atomic E-state index is 13.2. The van der Waals surface area contributed by atoms with Crippen molar-refractivity contribution in [3.8, 4) is 0 Å². The van der Waals surface area contributed by atoms with Crippen molar-refractivity contribution in [2.45, 2.75) is 455 Å². The van der Waals surface area contributed by atoms with Crippen LogP contribution in [-0.4, -0.2) is 87.5 Å². The molecule has 7 atom stereocenters. The molecule has 9 nitrogen and oxygen atoms in total. The third kappa shape index (κ3) is 57.6. The summed E-state index contributed by atoms with van der Waals surface area (Å²) in [5.74, 6) is -0.135. The number of carbonyl (C=O) groups is 1. The summed E-state index contributed by atoms with van der Waals surface area (Å²) in [5.41, 5.74) is 0. The van der Waals surface area contributed by atoms with E-state index in [1.165, 1.54) is 334 Å². The first-order chi connectivity index (χ1) is 43.8. The van der Waals surface area contributed by atoms with Crippen LogP contribution in [0.25, 0.3) is 0 Å². The van der Waals surface area contributed by atoms with E-state index < -0.39 is 49.5 Å². The molecule has 0 aromatic rings. The summed E-state index contributed by atoms with van der Waals surface area (Å²) >= 11 is 0. The van der Waals surface area contributed by atoms with Crippen molar-refractivity contribution < 1.29 is 39.8 Å². The van der Waals surface area contributed by atoms with Gasteiger partial charge in [-0.1, -0.05) is 391 Å². The zero-order valence-corrected chi connectivity index (χ0v) is 59.2. The molecular weight excluding hydrogens is 1100 g/mol. The molecular formula is C80H153NO8. The molecule has 1 heterocycles. The molecule has 1 aliphatic rings. The van der Waals surface area contributed by atoms with E-state index in [4.69, 9.17) is 9.47 Å². The quantitative estimate of drug-likeness (QED) is 0.0261. The highest BCUT2D eigenvalue weighted by Gasteiger charge is 2.44. The smallest absolute Gasteiger partial charge is 0.220 e. The Labute approximate surface area is 552 Å². The lowest BCUT2D eigenvalue weighted by Crippen LogP contribution is -2.60. The number of amides is 1. The molecule has 6 N–H and O–H groups in total. The van der Waals surface area contributed by atoms with Gasteiger partial charge in [-0.25, -0.2) is 0 Å². The minimum Gasteiger partial charge on any atom is -0.394 e. The topological polar surface area (TPSA) is 149 Å². The minimum absolute atomic E-state index is 0.133. The van der Waals surface area contributed by atoms with Crippen molar-refractivity contribution in [3.05, 3.63) is 36.5 Å². The number of ether oxygens (including phenoxy) is 2. The molecule has 7 unspecified atom stereocenters. The fourth-order valence-corrected chi connectivity index (χ4v) is 13.1. The molecule has 0 bridgehead atoms. The summed E-state index contributed by atoms with van der Waals surface area (Å²) in [7, 11) is 0. The van der Waals surface area contributed by atoms with Gasteiger partial charge in [0, 0.05) is 6.42 Å². The number of carbonyl (C=O) groups excluding carboxylic acids is 1. The van der Waals surface area contributed by atoms with Crippen LogP contribution in [0.2, 0.25) is 0 Å². The van der Waals surface area contributed by atoms with Crippen molar-refractivity contribution in [1.29, 1.82) is 0 Å². The molecule has 0 saturated carbocycles. The van der Waals surface area contributed by atoms with Crippen molar-refractivity contribution in [1.82, 2.24) is 5.32 Å². The van der Waals surface area contributed by atoms with Crippen LogP contribution in [0.3, 0.4) is 0 Å². The van der Waals surface area contributed by atoms with E-state index in [0.717, 1.165) is 51.4 Å². The Morgan fingerprint density at radius 3 is 0.978 bits per heavy atom. The number of allylic oxidation sites excluding steroid dienone is 6. The molecule has 1 fully saturated rings. The second-order valence-corrected chi connectivity index (χ2v) is 27.9. The van der Waals surface area contributed by atoms with Crippen LogP contribution in [0.1, 0.15) is 412 Å². The van der Waals surface area contributed by atoms with Gasteiger partial charge < -0.3 is 40.3 Å². The van der Waals surface area contributed by atoms with E-state index in [-0.39, 0.29) is 12.5 Å². The lowest BCUT2D eigenvalue weighted by molar-refractivity contribution is -0.302. The number of nitrogens with one attached hydrogen (secondary N) is 1. The van der Waals surface area contributed by atoms with Gasteiger partial charge in [0.15, 0.2) is 6.29 Å². The fraction of sp³-hybridized carbons (Fsp3) is 0.912. The second-order valence-electron chi connectivity index (χ2n) is 27.9. The van der Waals surface area contributed by atoms with Gasteiger partial charge >= 0.3 is 0 Å². The Morgan fingerprint density at radius 1 is 0.382 bits per heavy atom. The average molecular weight is 1260 g/mol. The van der Waals surface area contributed by atoms with Crippen LogP contribution in [0.5, 0.6) is 0 Å². The molecule has 1 amide bonds. The second kappa shape index (κ2) is 69.2. The zero-order valence-electron chi connectivity index (χ0n) is 59.2. The van der Waals surface area contributed by atoms with Crippen LogP contribution in [-0.2, 0) is 14.3 Å². The Morgan fingerprint density at radius 2 is 0.663 bits per heavy atom. The summed E-state index contributed by atoms with van der Waals surface area (Å²) in [6, 6.07) is -0.720. The monoisotopic (exact) mass is 1260 g/mol. The molecule has 1 rings (SSSR count). The van der Waals surface area contributed by atoms with E-state index >= 15 is 0 Å². The van der Waals surface area contributed by atoms with Crippen LogP contribution in [0.15, 0.2) is 36.5 Å². The predicted octanol–water partition coefficient (Wildman–Crippen LogP) is 22.5. The summed E-state index contributed by atoms with van der Waals surface area (Å²) in [6.45, 7) is 3.89. The predicted molar refractivity (Wildman–Crippen MR) is 383 cm³/mol. The summed E-state index contributed by atoms with van der Waals surface area (Å²) in [6.07, 6.45) is 86.8. The zero-order chi connectivity index (χ0) is 64.2. The molecule has 0 spiro atoms. The molecule has 9 heteroatoms. The van der Waals surface area contributed by atoms with Gasteiger partial charge in [0.2, 0.25) is 5.91 Å².